The predicted octanol–water partition coefficient (Wildman–Crippen LogP) is 4.39. The van der Waals surface area contributed by atoms with Crippen LogP contribution in [0.2, 0.25) is 0 Å². The van der Waals surface area contributed by atoms with E-state index in [2.05, 4.69) is 27.8 Å². The van der Waals surface area contributed by atoms with Crippen LogP contribution in [0.3, 0.4) is 0 Å². The Morgan fingerprint density at radius 2 is 1.78 bits per heavy atom. The Morgan fingerprint density at radius 3 is 2.44 bits per heavy atom. The highest BCUT2D eigenvalue weighted by atomic mass is 32.2. The second-order valence-corrected chi connectivity index (χ2v) is 8.42. The van der Waals surface area contributed by atoms with Gasteiger partial charge < -0.3 is 15.2 Å². The van der Waals surface area contributed by atoms with Gasteiger partial charge in [0, 0.05) is 17.8 Å². The summed E-state index contributed by atoms with van der Waals surface area (Å²) >= 11 is 1.33. The summed E-state index contributed by atoms with van der Waals surface area (Å²) in [5.41, 5.74) is 3.56. The maximum Gasteiger partial charge on any atom is 0.252 e. The third kappa shape index (κ3) is 5.76. The molecular weight excluding hydrogens is 422 g/mol. The average molecular weight is 452 g/mol. The fraction of sp³-hybridized carbons (Fsp3) is 0.333. The standard InChI is InChI=1S/C24H29N5O2S/c1-5-18-11-13-19(14-12-18)26-21(30)15-32-24-28-27-22(29(24)6-2)17(4)25-23(31)20-10-8-7-9-16(20)3/h7-14,17H,5-6,15H2,1-4H3,(H,25,31)(H,26,30)/t17-/m0/s1. The van der Waals surface area contributed by atoms with E-state index in [0.717, 1.165) is 17.7 Å². The summed E-state index contributed by atoms with van der Waals surface area (Å²) in [5, 5.41) is 15.1. The first-order valence-electron chi connectivity index (χ1n) is 10.7. The second kappa shape index (κ2) is 10.9. The Hall–Kier alpha value is -3.13. The van der Waals surface area contributed by atoms with E-state index in [9.17, 15) is 9.59 Å². The fourth-order valence-corrected chi connectivity index (χ4v) is 4.15. The lowest BCUT2D eigenvalue weighted by Gasteiger charge is -2.16. The highest BCUT2D eigenvalue weighted by Crippen LogP contribution is 2.21. The molecule has 168 valence electrons. The van der Waals surface area contributed by atoms with Crippen molar-refractivity contribution in [3.8, 4) is 0 Å². The predicted molar refractivity (Wildman–Crippen MR) is 128 cm³/mol. The molecule has 0 aliphatic heterocycles. The van der Waals surface area contributed by atoms with E-state index >= 15 is 0 Å². The van der Waals surface area contributed by atoms with Gasteiger partial charge in [-0.05, 0) is 56.5 Å². The van der Waals surface area contributed by atoms with Gasteiger partial charge in [0.1, 0.15) is 0 Å². The molecule has 8 heteroatoms. The number of carbonyl (C=O) groups excluding carboxylic acids is 2. The van der Waals surface area contributed by atoms with Crippen LogP contribution in [-0.4, -0.2) is 32.3 Å². The maximum atomic E-state index is 12.7. The van der Waals surface area contributed by atoms with Crippen molar-refractivity contribution in [2.24, 2.45) is 0 Å². The highest BCUT2D eigenvalue weighted by Gasteiger charge is 2.20. The summed E-state index contributed by atoms with van der Waals surface area (Å²) in [5.74, 6) is 0.626. The smallest absolute Gasteiger partial charge is 0.252 e. The number of hydrogen-bond acceptors (Lipinski definition) is 5. The van der Waals surface area contributed by atoms with Crippen LogP contribution in [-0.2, 0) is 17.8 Å². The number of amides is 2. The first-order chi connectivity index (χ1) is 15.4. The van der Waals surface area contributed by atoms with Crippen molar-refractivity contribution in [1.82, 2.24) is 20.1 Å². The molecule has 0 bridgehead atoms. The summed E-state index contributed by atoms with van der Waals surface area (Å²) in [6.45, 7) is 8.51. The first-order valence-corrected chi connectivity index (χ1v) is 11.7. The van der Waals surface area contributed by atoms with Crippen molar-refractivity contribution in [2.45, 2.75) is 51.9 Å². The number of nitrogens with one attached hydrogen (secondary N) is 2. The van der Waals surface area contributed by atoms with E-state index in [1.54, 1.807) is 6.07 Å². The number of rotatable bonds is 9. The van der Waals surface area contributed by atoms with Gasteiger partial charge in [0.2, 0.25) is 5.91 Å². The molecular formula is C24H29N5O2S. The Kier molecular flexibility index (Phi) is 8.05. The summed E-state index contributed by atoms with van der Waals surface area (Å²) in [6, 6.07) is 15.0. The fourth-order valence-electron chi connectivity index (χ4n) is 3.34. The van der Waals surface area contributed by atoms with E-state index in [1.807, 2.05) is 67.8 Å². The van der Waals surface area contributed by atoms with Gasteiger partial charge in [0.25, 0.3) is 5.91 Å². The van der Waals surface area contributed by atoms with Crippen LogP contribution in [0.15, 0.2) is 53.7 Å². The molecule has 2 N–H and O–H groups in total. The minimum atomic E-state index is -0.324. The number of aryl methyl sites for hydroxylation is 2. The molecule has 7 nitrogen and oxygen atoms in total. The van der Waals surface area contributed by atoms with Gasteiger partial charge in [-0.1, -0.05) is 49.0 Å². The van der Waals surface area contributed by atoms with Gasteiger partial charge in [0.15, 0.2) is 11.0 Å². The van der Waals surface area contributed by atoms with Crippen molar-refractivity contribution in [1.29, 1.82) is 0 Å². The molecule has 0 saturated carbocycles. The molecule has 0 saturated heterocycles. The topological polar surface area (TPSA) is 88.9 Å². The number of aromatic nitrogens is 3. The normalized spacial score (nSPS) is 11.8. The van der Waals surface area contributed by atoms with Crippen LogP contribution in [0.5, 0.6) is 0 Å². The number of nitrogens with zero attached hydrogens (tertiary/aromatic N) is 3. The highest BCUT2D eigenvalue weighted by molar-refractivity contribution is 7.99. The second-order valence-electron chi connectivity index (χ2n) is 7.48. The molecule has 3 rings (SSSR count). The van der Waals surface area contributed by atoms with Gasteiger partial charge in [-0.25, -0.2) is 0 Å². The van der Waals surface area contributed by atoms with Crippen molar-refractivity contribution in [2.75, 3.05) is 11.1 Å². The summed E-state index contributed by atoms with van der Waals surface area (Å²) < 4.78 is 1.93. The van der Waals surface area contributed by atoms with Gasteiger partial charge in [0.05, 0.1) is 11.8 Å². The number of hydrogen-bond donors (Lipinski definition) is 2. The zero-order valence-electron chi connectivity index (χ0n) is 18.9. The Morgan fingerprint density at radius 1 is 1.06 bits per heavy atom. The molecule has 0 unspecified atom stereocenters. The van der Waals surface area contributed by atoms with Crippen LogP contribution in [0, 0.1) is 6.92 Å². The van der Waals surface area contributed by atoms with Crippen LogP contribution < -0.4 is 10.6 Å². The lowest BCUT2D eigenvalue weighted by Crippen LogP contribution is -2.29. The molecule has 1 atom stereocenters. The van der Waals surface area contributed by atoms with Gasteiger partial charge in [-0.15, -0.1) is 10.2 Å². The van der Waals surface area contributed by atoms with E-state index in [1.165, 1.54) is 17.3 Å². The zero-order chi connectivity index (χ0) is 23.1. The van der Waals surface area contributed by atoms with E-state index < -0.39 is 0 Å². The number of thioether (sulfide) groups is 1. The van der Waals surface area contributed by atoms with Crippen molar-refractivity contribution >= 4 is 29.3 Å². The molecule has 32 heavy (non-hydrogen) atoms. The molecule has 2 amide bonds. The molecule has 3 aromatic rings. The van der Waals surface area contributed by atoms with Crippen LogP contribution in [0.25, 0.3) is 0 Å². The minimum absolute atomic E-state index is 0.104. The van der Waals surface area contributed by atoms with Crippen LogP contribution in [0.4, 0.5) is 5.69 Å². The molecule has 0 aliphatic carbocycles. The van der Waals surface area contributed by atoms with Gasteiger partial charge in [-0.3, -0.25) is 9.59 Å². The number of carbonyl (C=O) groups is 2. The minimum Gasteiger partial charge on any atom is -0.342 e. The largest absolute Gasteiger partial charge is 0.342 e. The van der Waals surface area contributed by atoms with E-state index in [4.69, 9.17) is 0 Å². The number of anilines is 1. The van der Waals surface area contributed by atoms with Crippen molar-refractivity contribution in [3.05, 3.63) is 71.0 Å². The van der Waals surface area contributed by atoms with Crippen LogP contribution >= 0.6 is 11.8 Å². The Labute approximate surface area is 193 Å². The zero-order valence-corrected chi connectivity index (χ0v) is 19.7. The maximum absolute atomic E-state index is 12.7. The third-order valence-electron chi connectivity index (χ3n) is 5.16. The summed E-state index contributed by atoms with van der Waals surface area (Å²) in [4.78, 5) is 25.0. The van der Waals surface area contributed by atoms with Gasteiger partial charge >= 0.3 is 0 Å². The molecule has 0 spiro atoms. The van der Waals surface area contributed by atoms with Crippen molar-refractivity contribution in [3.63, 3.8) is 0 Å². The van der Waals surface area contributed by atoms with Crippen molar-refractivity contribution < 1.29 is 9.59 Å². The Balaban J connectivity index is 1.61. The molecule has 1 heterocycles. The van der Waals surface area contributed by atoms with E-state index in [0.29, 0.717) is 23.1 Å². The third-order valence-corrected chi connectivity index (χ3v) is 6.13. The molecule has 0 radical (unpaired) electrons. The lowest BCUT2D eigenvalue weighted by molar-refractivity contribution is -0.113. The number of benzene rings is 2. The van der Waals surface area contributed by atoms with E-state index in [-0.39, 0.29) is 23.6 Å². The van der Waals surface area contributed by atoms with Gasteiger partial charge in [-0.2, -0.15) is 0 Å². The van der Waals surface area contributed by atoms with Crippen LogP contribution in [0.1, 0.15) is 54.1 Å². The molecule has 2 aromatic carbocycles. The SMILES string of the molecule is CCc1ccc(NC(=O)CSc2nnc([C@H](C)NC(=O)c3ccccc3C)n2CC)cc1. The monoisotopic (exact) mass is 451 g/mol. The summed E-state index contributed by atoms with van der Waals surface area (Å²) in [6.07, 6.45) is 0.961. The first kappa shape index (κ1) is 23.5. The Bertz CT molecular complexity index is 1080. The summed E-state index contributed by atoms with van der Waals surface area (Å²) in [7, 11) is 0. The molecule has 1 aromatic heterocycles. The molecule has 0 fully saturated rings. The average Bonchev–Trinajstić information content (AvgIpc) is 3.21. The lowest BCUT2D eigenvalue weighted by atomic mass is 10.1. The quantitative estimate of drug-likeness (QED) is 0.471. The molecule has 0 aliphatic rings.